The number of rotatable bonds is 7. The second kappa shape index (κ2) is 8.40. The van der Waals surface area contributed by atoms with Gasteiger partial charge in [0.25, 0.3) is 0 Å². The SMILES string of the molecule is COc1ccc(Nc2ccnc(NCc3ccccc3OC)n2)cc1Cl. The van der Waals surface area contributed by atoms with Gasteiger partial charge in [-0.25, -0.2) is 4.98 Å². The Bertz CT molecular complexity index is 889. The van der Waals surface area contributed by atoms with Crippen molar-refractivity contribution < 1.29 is 9.47 Å². The zero-order chi connectivity index (χ0) is 18.4. The monoisotopic (exact) mass is 370 g/mol. The molecule has 7 heteroatoms. The zero-order valence-electron chi connectivity index (χ0n) is 14.5. The molecule has 1 aromatic heterocycles. The molecule has 0 amide bonds. The molecule has 0 bridgehead atoms. The minimum atomic E-state index is 0.514. The molecule has 0 spiro atoms. The summed E-state index contributed by atoms with van der Waals surface area (Å²) in [5.41, 5.74) is 1.84. The first-order valence-corrected chi connectivity index (χ1v) is 8.37. The fourth-order valence-electron chi connectivity index (χ4n) is 2.43. The van der Waals surface area contributed by atoms with E-state index in [-0.39, 0.29) is 0 Å². The fourth-order valence-corrected chi connectivity index (χ4v) is 2.69. The molecule has 134 valence electrons. The molecule has 0 saturated carbocycles. The number of anilines is 3. The standard InChI is InChI=1S/C19H19ClN4O2/c1-25-16-6-4-3-5-13(16)12-22-19-21-10-9-18(24-19)23-14-7-8-17(26-2)15(20)11-14/h3-11H,12H2,1-2H3,(H2,21,22,23,24). The van der Waals surface area contributed by atoms with Gasteiger partial charge in [-0.05, 0) is 30.3 Å². The van der Waals surface area contributed by atoms with Crippen molar-refractivity contribution in [3.63, 3.8) is 0 Å². The van der Waals surface area contributed by atoms with Crippen LogP contribution in [0.25, 0.3) is 0 Å². The van der Waals surface area contributed by atoms with E-state index in [2.05, 4.69) is 20.6 Å². The molecule has 0 aliphatic carbocycles. The smallest absolute Gasteiger partial charge is 0.224 e. The van der Waals surface area contributed by atoms with Gasteiger partial charge in [-0.1, -0.05) is 29.8 Å². The van der Waals surface area contributed by atoms with E-state index < -0.39 is 0 Å². The molecule has 2 N–H and O–H groups in total. The van der Waals surface area contributed by atoms with Gasteiger partial charge in [0.05, 0.1) is 19.2 Å². The molecule has 2 aromatic carbocycles. The lowest BCUT2D eigenvalue weighted by Gasteiger charge is -2.11. The van der Waals surface area contributed by atoms with Crippen LogP contribution >= 0.6 is 11.6 Å². The van der Waals surface area contributed by atoms with E-state index in [0.29, 0.717) is 29.1 Å². The molecule has 0 fully saturated rings. The maximum Gasteiger partial charge on any atom is 0.224 e. The van der Waals surface area contributed by atoms with Gasteiger partial charge in [0.1, 0.15) is 17.3 Å². The lowest BCUT2D eigenvalue weighted by atomic mass is 10.2. The van der Waals surface area contributed by atoms with Gasteiger partial charge in [-0.15, -0.1) is 0 Å². The van der Waals surface area contributed by atoms with Gasteiger partial charge in [-0.2, -0.15) is 4.98 Å². The van der Waals surface area contributed by atoms with Crippen molar-refractivity contribution in [1.82, 2.24) is 9.97 Å². The lowest BCUT2D eigenvalue weighted by molar-refractivity contribution is 0.410. The average molecular weight is 371 g/mol. The zero-order valence-corrected chi connectivity index (χ0v) is 15.2. The Morgan fingerprint density at radius 1 is 1.00 bits per heavy atom. The van der Waals surface area contributed by atoms with E-state index in [9.17, 15) is 0 Å². The third kappa shape index (κ3) is 4.34. The van der Waals surface area contributed by atoms with Crippen LogP contribution in [-0.4, -0.2) is 24.2 Å². The van der Waals surface area contributed by atoms with E-state index >= 15 is 0 Å². The molecule has 6 nitrogen and oxygen atoms in total. The Labute approximate surface area is 157 Å². The highest BCUT2D eigenvalue weighted by atomic mass is 35.5. The first-order valence-electron chi connectivity index (χ1n) is 7.99. The number of nitrogens with zero attached hydrogens (tertiary/aromatic N) is 2. The van der Waals surface area contributed by atoms with Crippen LogP contribution < -0.4 is 20.1 Å². The summed E-state index contributed by atoms with van der Waals surface area (Å²) in [6.07, 6.45) is 1.69. The second-order valence-electron chi connectivity index (χ2n) is 5.41. The van der Waals surface area contributed by atoms with E-state index in [0.717, 1.165) is 17.0 Å². The summed E-state index contributed by atoms with van der Waals surface area (Å²) in [6, 6.07) is 15.0. The van der Waals surface area contributed by atoms with Crippen LogP contribution in [0.15, 0.2) is 54.7 Å². The quantitative estimate of drug-likeness (QED) is 0.638. The first kappa shape index (κ1) is 17.8. The molecular weight excluding hydrogens is 352 g/mol. The number of hydrogen-bond acceptors (Lipinski definition) is 6. The van der Waals surface area contributed by atoms with Gasteiger partial charge in [0.2, 0.25) is 5.95 Å². The highest BCUT2D eigenvalue weighted by molar-refractivity contribution is 6.32. The predicted molar refractivity (Wildman–Crippen MR) is 104 cm³/mol. The number of aromatic nitrogens is 2. The predicted octanol–water partition coefficient (Wildman–Crippen LogP) is 4.50. The summed E-state index contributed by atoms with van der Waals surface area (Å²) in [5.74, 6) is 2.62. The molecule has 0 aliphatic rings. The maximum atomic E-state index is 6.15. The van der Waals surface area contributed by atoms with Crippen molar-refractivity contribution in [2.45, 2.75) is 6.54 Å². The molecule has 0 unspecified atom stereocenters. The van der Waals surface area contributed by atoms with E-state index in [1.165, 1.54) is 0 Å². The molecule has 0 saturated heterocycles. The largest absolute Gasteiger partial charge is 0.496 e. The Hall–Kier alpha value is -2.99. The van der Waals surface area contributed by atoms with Crippen LogP contribution in [0.5, 0.6) is 11.5 Å². The van der Waals surface area contributed by atoms with Crippen molar-refractivity contribution in [2.75, 3.05) is 24.9 Å². The first-order chi connectivity index (χ1) is 12.7. The number of nitrogens with one attached hydrogen (secondary N) is 2. The third-order valence-electron chi connectivity index (χ3n) is 3.71. The maximum absolute atomic E-state index is 6.15. The van der Waals surface area contributed by atoms with Crippen LogP contribution in [0, 0.1) is 0 Å². The summed E-state index contributed by atoms with van der Waals surface area (Å²) in [5, 5.41) is 6.93. The highest BCUT2D eigenvalue weighted by Crippen LogP contribution is 2.28. The summed E-state index contributed by atoms with van der Waals surface area (Å²) in [6.45, 7) is 0.557. The van der Waals surface area contributed by atoms with Crippen molar-refractivity contribution in [3.8, 4) is 11.5 Å². The third-order valence-corrected chi connectivity index (χ3v) is 4.00. The number of benzene rings is 2. The van der Waals surface area contributed by atoms with Crippen molar-refractivity contribution in [1.29, 1.82) is 0 Å². The van der Waals surface area contributed by atoms with Gasteiger partial charge in [0, 0.05) is 24.0 Å². The lowest BCUT2D eigenvalue weighted by Crippen LogP contribution is -2.06. The molecule has 1 heterocycles. The number of halogens is 1. The number of ether oxygens (including phenoxy) is 2. The Morgan fingerprint density at radius 2 is 1.81 bits per heavy atom. The van der Waals surface area contributed by atoms with E-state index in [1.807, 2.05) is 30.3 Å². The summed E-state index contributed by atoms with van der Waals surface area (Å²) in [4.78, 5) is 8.71. The highest BCUT2D eigenvalue weighted by Gasteiger charge is 2.05. The summed E-state index contributed by atoms with van der Waals surface area (Å²) >= 11 is 6.15. The van der Waals surface area contributed by atoms with Crippen LogP contribution in [0.1, 0.15) is 5.56 Å². The second-order valence-corrected chi connectivity index (χ2v) is 5.81. The van der Waals surface area contributed by atoms with Gasteiger partial charge in [-0.3, -0.25) is 0 Å². The van der Waals surface area contributed by atoms with Crippen LogP contribution in [0.4, 0.5) is 17.5 Å². The van der Waals surface area contributed by atoms with E-state index in [1.54, 1.807) is 38.6 Å². The minimum Gasteiger partial charge on any atom is -0.496 e. The molecular formula is C19H19ClN4O2. The molecule has 26 heavy (non-hydrogen) atoms. The van der Waals surface area contributed by atoms with Crippen LogP contribution in [0.2, 0.25) is 5.02 Å². The van der Waals surface area contributed by atoms with E-state index in [4.69, 9.17) is 21.1 Å². The minimum absolute atomic E-state index is 0.514. The van der Waals surface area contributed by atoms with Crippen molar-refractivity contribution >= 4 is 29.1 Å². The topological polar surface area (TPSA) is 68.3 Å². The summed E-state index contributed by atoms with van der Waals surface area (Å²) in [7, 11) is 3.23. The molecule has 0 aliphatic heterocycles. The fraction of sp³-hybridized carbons (Fsp3) is 0.158. The van der Waals surface area contributed by atoms with Crippen molar-refractivity contribution in [2.24, 2.45) is 0 Å². The normalized spacial score (nSPS) is 10.3. The van der Waals surface area contributed by atoms with Crippen LogP contribution in [0.3, 0.4) is 0 Å². The summed E-state index contributed by atoms with van der Waals surface area (Å²) < 4.78 is 10.5. The Kier molecular flexibility index (Phi) is 5.76. The van der Waals surface area contributed by atoms with Gasteiger partial charge < -0.3 is 20.1 Å². The molecule has 0 radical (unpaired) electrons. The average Bonchev–Trinajstić information content (AvgIpc) is 2.67. The Morgan fingerprint density at radius 3 is 2.58 bits per heavy atom. The molecule has 0 atom stereocenters. The number of hydrogen-bond donors (Lipinski definition) is 2. The van der Waals surface area contributed by atoms with Crippen molar-refractivity contribution in [3.05, 3.63) is 65.3 Å². The molecule has 3 rings (SSSR count). The van der Waals surface area contributed by atoms with Gasteiger partial charge >= 0.3 is 0 Å². The number of para-hydroxylation sites is 1. The Balaban J connectivity index is 1.69. The van der Waals surface area contributed by atoms with Gasteiger partial charge in [0.15, 0.2) is 0 Å². The molecule has 3 aromatic rings. The number of methoxy groups -OCH3 is 2. The van der Waals surface area contributed by atoms with Crippen LogP contribution in [-0.2, 0) is 6.54 Å².